The summed E-state index contributed by atoms with van der Waals surface area (Å²) in [4.78, 5) is 0. The molecule has 0 saturated heterocycles. The van der Waals surface area contributed by atoms with E-state index in [1.165, 1.54) is 11.3 Å². The molecular formula is C16H19N4Rb. The van der Waals surface area contributed by atoms with E-state index in [1.807, 2.05) is 0 Å². The Kier molecular flexibility index (Phi) is 4.43. The number of benzene rings is 1. The Morgan fingerprint density at radius 2 is 2.05 bits per heavy atom. The van der Waals surface area contributed by atoms with Crippen LogP contribution in [0, 0.1) is 0 Å². The first-order valence-electron chi connectivity index (χ1n) is 7.39. The van der Waals surface area contributed by atoms with Crippen LogP contribution in [0.1, 0.15) is 43.4 Å². The van der Waals surface area contributed by atoms with Crippen LogP contribution in [0.5, 0.6) is 0 Å². The number of nitrogens with zero attached hydrogens (tertiary/aromatic N) is 4. The Balaban J connectivity index is 0.00000132. The van der Waals surface area contributed by atoms with Crippen LogP contribution in [-0.2, 0) is 18.4 Å². The van der Waals surface area contributed by atoms with Gasteiger partial charge in [-0.2, -0.15) is 0 Å². The monoisotopic (exact) mass is 352 g/mol. The topological polar surface area (TPSA) is 44.8 Å². The van der Waals surface area contributed by atoms with Gasteiger partial charge in [0.15, 0.2) is 0 Å². The van der Waals surface area contributed by atoms with E-state index in [-0.39, 0.29) is 63.6 Å². The van der Waals surface area contributed by atoms with E-state index >= 15 is 0 Å². The van der Waals surface area contributed by atoms with Crippen molar-refractivity contribution < 1.29 is 58.2 Å². The summed E-state index contributed by atoms with van der Waals surface area (Å²) in [6, 6.07) is 8.56. The maximum atomic E-state index is 4.73. The molecule has 0 saturated carbocycles. The molecule has 0 amide bonds. The first-order valence-corrected chi connectivity index (χ1v) is 7.39. The summed E-state index contributed by atoms with van der Waals surface area (Å²) in [6.45, 7) is 6.28. The van der Waals surface area contributed by atoms with Gasteiger partial charge >= 0.3 is 58.2 Å². The molecule has 5 heteroatoms. The summed E-state index contributed by atoms with van der Waals surface area (Å²) in [5.74, 6) is 2.69. The number of hydrogen-bond acceptors (Lipinski definition) is 2. The van der Waals surface area contributed by atoms with Crippen LogP contribution in [-0.4, -0.2) is 21.3 Å². The maximum absolute atomic E-state index is 4.73. The van der Waals surface area contributed by atoms with Crippen molar-refractivity contribution in [2.45, 2.75) is 44.6 Å². The number of para-hydroxylation sites is 1. The fraction of sp³-hybridized carbons (Fsp3) is 0.500. The van der Waals surface area contributed by atoms with Crippen molar-refractivity contribution in [2.75, 3.05) is 6.54 Å². The minimum atomic E-state index is 0. The normalized spacial score (nSPS) is 22.6. The van der Waals surface area contributed by atoms with Crippen molar-refractivity contribution in [1.29, 1.82) is 0 Å². The van der Waals surface area contributed by atoms with Crippen molar-refractivity contribution in [3.63, 3.8) is 0 Å². The third-order valence-corrected chi connectivity index (χ3v) is 4.71. The minimum Gasteiger partial charge on any atom is -0.683 e. The molecule has 2 aromatic rings. The summed E-state index contributed by atoms with van der Waals surface area (Å²) in [5.41, 5.74) is 2.73. The summed E-state index contributed by atoms with van der Waals surface area (Å²) < 4.78 is 2.32. The van der Waals surface area contributed by atoms with Gasteiger partial charge in [0.25, 0.3) is 0 Å². The first kappa shape index (κ1) is 15.8. The van der Waals surface area contributed by atoms with Crippen molar-refractivity contribution in [2.24, 2.45) is 0 Å². The molecule has 1 unspecified atom stereocenters. The maximum Gasteiger partial charge on any atom is 1.00 e. The zero-order valence-electron chi connectivity index (χ0n) is 13.0. The second-order valence-electron chi connectivity index (χ2n) is 6.32. The first-order chi connectivity index (χ1) is 9.70. The largest absolute Gasteiger partial charge is 1.00 e. The number of aromatic nitrogens is 3. The molecule has 2 aliphatic heterocycles. The average Bonchev–Trinajstić information content (AvgIpc) is 3.02. The van der Waals surface area contributed by atoms with E-state index in [0.29, 0.717) is 5.92 Å². The number of fused-ring (bicyclic) bond motifs is 3. The van der Waals surface area contributed by atoms with E-state index < -0.39 is 0 Å². The van der Waals surface area contributed by atoms with E-state index in [4.69, 9.17) is 5.32 Å². The van der Waals surface area contributed by atoms with Crippen LogP contribution in [0.3, 0.4) is 0 Å². The Bertz CT molecular complexity index is 664. The molecular weight excluding hydrogens is 334 g/mol. The van der Waals surface area contributed by atoms with Gasteiger partial charge in [-0.05, 0) is 11.8 Å². The van der Waals surface area contributed by atoms with E-state index in [1.54, 1.807) is 0 Å². The van der Waals surface area contributed by atoms with Crippen molar-refractivity contribution in [3.05, 3.63) is 46.8 Å². The zero-order chi connectivity index (χ0) is 13.7. The van der Waals surface area contributed by atoms with Crippen LogP contribution in [0.15, 0.2) is 24.3 Å². The summed E-state index contributed by atoms with van der Waals surface area (Å²) in [5, 5.41) is 13.6. The molecule has 3 heterocycles. The molecule has 4 nitrogen and oxygen atoms in total. The van der Waals surface area contributed by atoms with Gasteiger partial charge in [0.1, 0.15) is 11.6 Å². The van der Waals surface area contributed by atoms with Crippen LogP contribution >= 0.6 is 0 Å². The van der Waals surface area contributed by atoms with Crippen LogP contribution in [0.25, 0.3) is 5.32 Å². The predicted molar refractivity (Wildman–Crippen MR) is 78.4 cm³/mol. The molecule has 2 aliphatic rings. The van der Waals surface area contributed by atoms with Gasteiger partial charge in [-0.25, -0.2) is 0 Å². The standard InChI is InChI=1S/C16H19N4.Rb/c1-11(2)15-19-18-14-9-16(7-8-20(14)15)10-17-13-6-4-3-5-12(13)16;/h3-6,11H,7-10H2,1-2H3;/q-1;+1. The van der Waals surface area contributed by atoms with E-state index in [9.17, 15) is 0 Å². The molecule has 1 atom stereocenters. The molecule has 4 rings (SSSR count). The molecule has 0 bridgehead atoms. The predicted octanol–water partition coefficient (Wildman–Crippen LogP) is 0.309. The Hall–Kier alpha value is -0.0348. The Morgan fingerprint density at radius 3 is 2.86 bits per heavy atom. The third-order valence-electron chi connectivity index (χ3n) is 4.71. The molecule has 1 aromatic heterocycles. The second kappa shape index (κ2) is 5.87. The third kappa shape index (κ3) is 2.48. The quantitative estimate of drug-likeness (QED) is 0.741. The zero-order valence-corrected chi connectivity index (χ0v) is 17.9. The van der Waals surface area contributed by atoms with Crippen molar-refractivity contribution in [3.8, 4) is 0 Å². The molecule has 0 N–H and O–H groups in total. The van der Waals surface area contributed by atoms with Crippen LogP contribution < -0.4 is 58.2 Å². The second-order valence-corrected chi connectivity index (χ2v) is 6.32. The van der Waals surface area contributed by atoms with Gasteiger partial charge < -0.3 is 9.88 Å². The summed E-state index contributed by atoms with van der Waals surface area (Å²) >= 11 is 0. The molecule has 0 fully saturated rings. The van der Waals surface area contributed by atoms with Crippen molar-refractivity contribution in [1.82, 2.24) is 14.8 Å². The van der Waals surface area contributed by atoms with Gasteiger partial charge in [-0.1, -0.05) is 43.7 Å². The molecule has 104 valence electrons. The average molecular weight is 353 g/mol. The van der Waals surface area contributed by atoms with Gasteiger partial charge in [0, 0.05) is 18.9 Å². The van der Waals surface area contributed by atoms with Gasteiger partial charge in [-0.3, -0.25) is 0 Å². The van der Waals surface area contributed by atoms with Crippen LogP contribution in [0.4, 0.5) is 5.69 Å². The van der Waals surface area contributed by atoms with Crippen LogP contribution in [0.2, 0.25) is 0 Å². The summed E-state index contributed by atoms with van der Waals surface area (Å²) in [7, 11) is 0. The van der Waals surface area contributed by atoms with Gasteiger partial charge in [-0.15, -0.1) is 22.4 Å². The molecule has 0 aliphatic carbocycles. The van der Waals surface area contributed by atoms with Gasteiger partial charge in [0.2, 0.25) is 0 Å². The molecule has 1 aromatic carbocycles. The molecule has 0 radical (unpaired) electrons. The molecule has 21 heavy (non-hydrogen) atoms. The Morgan fingerprint density at radius 1 is 1.24 bits per heavy atom. The number of hydrogen-bond donors (Lipinski definition) is 0. The SMILES string of the molecule is CC(C)c1nnc2n1CCC1(C[N-]c3ccccc31)C2.[Rb+]. The smallest absolute Gasteiger partial charge is 0.683 e. The summed E-state index contributed by atoms with van der Waals surface area (Å²) in [6.07, 6.45) is 2.10. The fourth-order valence-corrected chi connectivity index (χ4v) is 3.61. The molecule has 1 spiro atoms. The minimum absolute atomic E-state index is 0. The Labute approximate surface area is 174 Å². The van der Waals surface area contributed by atoms with E-state index in [0.717, 1.165) is 37.6 Å². The van der Waals surface area contributed by atoms with E-state index in [2.05, 4.69) is 52.9 Å². The van der Waals surface area contributed by atoms with Crippen molar-refractivity contribution >= 4 is 5.69 Å². The number of rotatable bonds is 1. The van der Waals surface area contributed by atoms with Gasteiger partial charge in [0.05, 0.1) is 0 Å². The fourth-order valence-electron chi connectivity index (χ4n) is 3.61.